The second-order valence-electron chi connectivity index (χ2n) is 6.12. The number of rotatable bonds is 10. The van der Waals surface area contributed by atoms with Crippen LogP contribution >= 0.6 is 11.8 Å². The van der Waals surface area contributed by atoms with Crippen LogP contribution in [0, 0.1) is 5.41 Å². The summed E-state index contributed by atoms with van der Waals surface area (Å²) < 4.78 is 5.42. The van der Waals surface area contributed by atoms with Crippen LogP contribution in [-0.4, -0.2) is 35.9 Å². The molecule has 6 heteroatoms. The lowest BCUT2D eigenvalue weighted by Gasteiger charge is -2.40. The number of hydrogen-bond donors (Lipinski definition) is 2. The average molecular weight is 351 g/mol. The van der Waals surface area contributed by atoms with E-state index in [1.165, 1.54) is 11.8 Å². The Bertz CT molecular complexity index is 572. The highest BCUT2D eigenvalue weighted by atomic mass is 32.2. The van der Waals surface area contributed by atoms with E-state index in [1.807, 2.05) is 31.2 Å². The molecule has 132 valence electrons. The summed E-state index contributed by atoms with van der Waals surface area (Å²) in [6.07, 6.45) is 3.69. The molecular formula is C18H25NO4S. The minimum Gasteiger partial charge on any atom is -0.481 e. The third-order valence-electron chi connectivity index (χ3n) is 4.40. The summed E-state index contributed by atoms with van der Waals surface area (Å²) in [6, 6.07) is 7.62. The smallest absolute Gasteiger partial charge is 0.313 e. The minimum atomic E-state index is -0.814. The molecule has 1 fully saturated rings. The largest absolute Gasteiger partial charge is 0.481 e. The van der Waals surface area contributed by atoms with Crippen molar-refractivity contribution in [3.05, 3.63) is 29.8 Å². The van der Waals surface area contributed by atoms with Gasteiger partial charge in [0.15, 0.2) is 0 Å². The first-order valence-electron chi connectivity index (χ1n) is 8.33. The van der Waals surface area contributed by atoms with E-state index >= 15 is 0 Å². The fourth-order valence-electron chi connectivity index (χ4n) is 2.86. The van der Waals surface area contributed by atoms with E-state index < -0.39 is 5.97 Å². The Kier molecular flexibility index (Phi) is 7.12. The molecule has 0 saturated heterocycles. The number of aliphatic carboxylic acids is 1. The van der Waals surface area contributed by atoms with Crippen LogP contribution in [0.5, 0.6) is 0 Å². The van der Waals surface area contributed by atoms with Crippen molar-refractivity contribution >= 4 is 29.3 Å². The van der Waals surface area contributed by atoms with Crippen LogP contribution in [0.15, 0.2) is 24.3 Å². The number of carboxylic acid groups (broad SMARTS) is 1. The highest BCUT2D eigenvalue weighted by molar-refractivity contribution is 7.99. The zero-order chi connectivity index (χ0) is 17.4. The second kappa shape index (κ2) is 9.08. The molecule has 0 spiro atoms. The van der Waals surface area contributed by atoms with Crippen LogP contribution in [0.25, 0.3) is 0 Å². The number of carbonyl (C=O) groups excluding carboxylic acids is 1. The summed E-state index contributed by atoms with van der Waals surface area (Å²) in [5, 5.41) is 11.7. The average Bonchev–Trinajstić information content (AvgIpc) is 2.50. The van der Waals surface area contributed by atoms with Gasteiger partial charge in [0, 0.05) is 24.7 Å². The molecule has 1 aromatic rings. The van der Waals surface area contributed by atoms with E-state index in [-0.39, 0.29) is 17.1 Å². The second-order valence-corrected chi connectivity index (χ2v) is 7.11. The standard InChI is InChI=1S/C18H25NO4S/c1-2-23-10-9-18(7-4-8-18)17(22)19-15-6-3-5-14(11-15)12-24-13-16(20)21/h3,5-6,11H,2,4,7-10,12-13H2,1H3,(H,19,22)(H,20,21). The van der Waals surface area contributed by atoms with Gasteiger partial charge in [-0.05, 0) is 43.9 Å². The number of nitrogens with one attached hydrogen (secondary N) is 1. The number of carboxylic acids is 1. The van der Waals surface area contributed by atoms with Crippen LogP contribution in [-0.2, 0) is 20.1 Å². The molecule has 24 heavy (non-hydrogen) atoms. The topological polar surface area (TPSA) is 75.6 Å². The van der Waals surface area contributed by atoms with Crippen molar-refractivity contribution in [2.75, 3.05) is 24.3 Å². The quantitative estimate of drug-likeness (QED) is 0.631. The number of carbonyl (C=O) groups is 2. The van der Waals surface area contributed by atoms with Crippen LogP contribution in [0.2, 0.25) is 0 Å². The van der Waals surface area contributed by atoms with E-state index in [4.69, 9.17) is 9.84 Å². The number of anilines is 1. The zero-order valence-corrected chi connectivity index (χ0v) is 14.9. The number of amides is 1. The van der Waals surface area contributed by atoms with Crippen LogP contribution < -0.4 is 5.32 Å². The predicted molar refractivity (Wildman–Crippen MR) is 96.3 cm³/mol. The fourth-order valence-corrected chi connectivity index (χ4v) is 3.56. The highest BCUT2D eigenvalue weighted by Gasteiger charge is 2.43. The Labute approximate surface area is 147 Å². The number of benzene rings is 1. The van der Waals surface area contributed by atoms with E-state index in [0.717, 1.165) is 36.9 Å². The Morgan fingerprint density at radius 2 is 2.17 bits per heavy atom. The fraction of sp³-hybridized carbons (Fsp3) is 0.556. The van der Waals surface area contributed by atoms with Gasteiger partial charge in [0.05, 0.1) is 11.2 Å². The third-order valence-corrected chi connectivity index (χ3v) is 5.39. The number of thioether (sulfide) groups is 1. The van der Waals surface area contributed by atoms with Gasteiger partial charge in [-0.3, -0.25) is 9.59 Å². The van der Waals surface area contributed by atoms with Crippen molar-refractivity contribution in [1.82, 2.24) is 0 Å². The van der Waals surface area contributed by atoms with Gasteiger partial charge in [0.25, 0.3) is 0 Å². The van der Waals surface area contributed by atoms with Crippen molar-refractivity contribution in [3.8, 4) is 0 Å². The molecule has 0 bridgehead atoms. The third kappa shape index (κ3) is 5.24. The summed E-state index contributed by atoms with van der Waals surface area (Å²) in [6.45, 7) is 3.25. The summed E-state index contributed by atoms with van der Waals surface area (Å²) >= 11 is 1.35. The molecule has 0 radical (unpaired) electrons. The van der Waals surface area contributed by atoms with E-state index in [0.29, 0.717) is 19.0 Å². The summed E-state index contributed by atoms with van der Waals surface area (Å²) in [5.74, 6) is -0.0442. The van der Waals surface area contributed by atoms with E-state index in [2.05, 4.69) is 5.32 Å². The lowest BCUT2D eigenvalue weighted by molar-refractivity contribution is -0.134. The Balaban J connectivity index is 1.91. The maximum atomic E-state index is 12.7. The lowest BCUT2D eigenvalue weighted by Crippen LogP contribution is -2.42. The Morgan fingerprint density at radius 1 is 1.38 bits per heavy atom. The molecule has 1 amide bonds. The van der Waals surface area contributed by atoms with Gasteiger partial charge in [-0.25, -0.2) is 0 Å². The molecule has 1 saturated carbocycles. The van der Waals surface area contributed by atoms with Gasteiger partial charge in [0.1, 0.15) is 0 Å². The summed E-state index contributed by atoms with van der Waals surface area (Å²) in [7, 11) is 0. The number of ether oxygens (including phenoxy) is 1. The van der Waals surface area contributed by atoms with Crippen molar-refractivity contribution in [2.45, 2.75) is 38.4 Å². The van der Waals surface area contributed by atoms with Gasteiger partial charge in [-0.2, -0.15) is 0 Å². The monoisotopic (exact) mass is 351 g/mol. The molecule has 0 unspecified atom stereocenters. The van der Waals surface area contributed by atoms with Gasteiger partial charge < -0.3 is 15.2 Å². The Morgan fingerprint density at radius 3 is 2.79 bits per heavy atom. The zero-order valence-electron chi connectivity index (χ0n) is 14.0. The van der Waals surface area contributed by atoms with Gasteiger partial charge in [0.2, 0.25) is 5.91 Å². The minimum absolute atomic E-state index is 0.0730. The molecule has 1 aliphatic carbocycles. The van der Waals surface area contributed by atoms with Gasteiger partial charge >= 0.3 is 5.97 Å². The van der Waals surface area contributed by atoms with Crippen LogP contribution in [0.1, 0.15) is 38.2 Å². The van der Waals surface area contributed by atoms with Crippen LogP contribution in [0.4, 0.5) is 5.69 Å². The first-order chi connectivity index (χ1) is 11.6. The molecule has 1 aliphatic rings. The molecule has 0 aromatic heterocycles. The maximum Gasteiger partial charge on any atom is 0.313 e. The van der Waals surface area contributed by atoms with Crippen molar-refractivity contribution in [1.29, 1.82) is 0 Å². The molecule has 1 aromatic carbocycles. The summed E-state index contributed by atoms with van der Waals surface area (Å²) in [5.41, 5.74) is 1.50. The lowest BCUT2D eigenvalue weighted by atomic mass is 9.66. The molecule has 2 N–H and O–H groups in total. The molecule has 0 atom stereocenters. The van der Waals surface area contributed by atoms with Gasteiger partial charge in [-0.1, -0.05) is 18.6 Å². The van der Waals surface area contributed by atoms with Crippen molar-refractivity contribution in [2.24, 2.45) is 5.41 Å². The molecular weight excluding hydrogens is 326 g/mol. The van der Waals surface area contributed by atoms with Crippen molar-refractivity contribution < 1.29 is 19.4 Å². The number of hydrogen-bond acceptors (Lipinski definition) is 4. The SMILES string of the molecule is CCOCCC1(C(=O)Nc2cccc(CSCC(=O)O)c2)CCC1. The predicted octanol–water partition coefficient (Wildman–Crippen LogP) is 3.54. The normalized spacial score (nSPS) is 15.5. The highest BCUT2D eigenvalue weighted by Crippen LogP contribution is 2.44. The molecule has 5 nitrogen and oxygen atoms in total. The van der Waals surface area contributed by atoms with Crippen molar-refractivity contribution in [3.63, 3.8) is 0 Å². The Hall–Kier alpha value is -1.53. The molecule has 2 rings (SSSR count). The van der Waals surface area contributed by atoms with Crippen LogP contribution in [0.3, 0.4) is 0 Å². The summed E-state index contributed by atoms with van der Waals surface area (Å²) in [4.78, 5) is 23.2. The van der Waals surface area contributed by atoms with E-state index in [9.17, 15) is 9.59 Å². The molecule has 0 aliphatic heterocycles. The van der Waals surface area contributed by atoms with E-state index in [1.54, 1.807) is 0 Å². The van der Waals surface area contributed by atoms with Gasteiger partial charge in [-0.15, -0.1) is 11.8 Å². The molecule has 0 heterocycles. The first kappa shape index (κ1) is 18.8. The first-order valence-corrected chi connectivity index (χ1v) is 9.49. The maximum absolute atomic E-state index is 12.7.